The summed E-state index contributed by atoms with van der Waals surface area (Å²) in [5, 5.41) is 8.92. The lowest BCUT2D eigenvalue weighted by Gasteiger charge is -2.46. The Labute approximate surface area is 103 Å². The zero-order valence-electron chi connectivity index (χ0n) is 10.7. The van der Waals surface area contributed by atoms with Crippen LogP contribution in [0.1, 0.15) is 39.0 Å². The van der Waals surface area contributed by atoms with Gasteiger partial charge in [0.25, 0.3) is 0 Å². The minimum Gasteiger partial charge on any atom is -0.343 e. The number of nitrogens with zero attached hydrogens (tertiary/aromatic N) is 3. The predicted octanol–water partition coefficient (Wildman–Crippen LogP) is 1.37. The molecule has 94 valence electrons. The summed E-state index contributed by atoms with van der Waals surface area (Å²) in [4.78, 5) is 16.3. The molecule has 0 N–H and O–H groups in total. The summed E-state index contributed by atoms with van der Waals surface area (Å²) in [6, 6.07) is 2.85. The molecule has 4 nitrogen and oxygen atoms in total. The third kappa shape index (κ3) is 2.30. The lowest BCUT2D eigenvalue weighted by Crippen LogP contribution is -2.62. The Bertz CT molecular complexity index is 330. The van der Waals surface area contributed by atoms with Crippen molar-refractivity contribution in [2.75, 3.05) is 13.6 Å². The highest BCUT2D eigenvalue weighted by atomic mass is 16.2. The second-order valence-electron chi connectivity index (χ2n) is 5.33. The first-order valence-corrected chi connectivity index (χ1v) is 6.54. The molecule has 1 aliphatic heterocycles. The fraction of sp³-hybridized carbons (Fsp3) is 0.846. The molecule has 4 heteroatoms. The largest absolute Gasteiger partial charge is 0.343 e. The van der Waals surface area contributed by atoms with Gasteiger partial charge in [-0.2, -0.15) is 5.26 Å². The van der Waals surface area contributed by atoms with Gasteiger partial charge in [-0.1, -0.05) is 12.8 Å². The van der Waals surface area contributed by atoms with Crippen LogP contribution in [-0.2, 0) is 4.79 Å². The van der Waals surface area contributed by atoms with E-state index in [4.69, 9.17) is 5.26 Å². The quantitative estimate of drug-likeness (QED) is 0.726. The molecule has 0 aromatic carbocycles. The average Bonchev–Trinajstić information content (AvgIpc) is 2.79. The number of rotatable bonds is 2. The van der Waals surface area contributed by atoms with Crippen LogP contribution in [0.25, 0.3) is 0 Å². The Balaban J connectivity index is 2.19. The van der Waals surface area contributed by atoms with Crippen LogP contribution < -0.4 is 0 Å². The van der Waals surface area contributed by atoms with E-state index in [-0.39, 0.29) is 11.9 Å². The van der Waals surface area contributed by atoms with Gasteiger partial charge < -0.3 is 4.90 Å². The molecule has 1 saturated heterocycles. The number of likely N-dealkylation sites (N-methyl/N-ethyl adjacent to an activating group) is 1. The lowest BCUT2D eigenvalue weighted by atomic mass is 10.00. The first-order chi connectivity index (χ1) is 8.15. The third-order valence-corrected chi connectivity index (χ3v) is 4.10. The van der Waals surface area contributed by atoms with Crippen molar-refractivity contribution in [3.63, 3.8) is 0 Å². The van der Waals surface area contributed by atoms with Crippen molar-refractivity contribution in [3.05, 3.63) is 0 Å². The van der Waals surface area contributed by atoms with Gasteiger partial charge in [0.05, 0.1) is 12.5 Å². The number of carbonyl (C=O) groups excluding carboxylic acids is 1. The Morgan fingerprint density at radius 1 is 1.41 bits per heavy atom. The molecule has 2 fully saturated rings. The summed E-state index contributed by atoms with van der Waals surface area (Å²) in [5.74, 6) is 0.122. The number of amides is 1. The van der Waals surface area contributed by atoms with Gasteiger partial charge in [0, 0.05) is 25.7 Å². The lowest BCUT2D eigenvalue weighted by molar-refractivity contribution is -0.144. The van der Waals surface area contributed by atoms with Crippen LogP contribution in [-0.4, -0.2) is 47.4 Å². The second-order valence-corrected chi connectivity index (χ2v) is 5.33. The first-order valence-electron chi connectivity index (χ1n) is 6.54. The summed E-state index contributed by atoms with van der Waals surface area (Å²) < 4.78 is 0. The molecule has 1 saturated carbocycles. The number of piperazine rings is 1. The zero-order chi connectivity index (χ0) is 12.4. The molecule has 0 aromatic rings. The van der Waals surface area contributed by atoms with Gasteiger partial charge in [0.2, 0.25) is 5.91 Å². The summed E-state index contributed by atoms with van der Waals surface area (Å²) in [7, 11) is 1.84. The molecule has 2 unspecified atom stereocenters. The molecule has 1 heterocycles. The van der Waals surface area contributed by atoms with E-state index in [2.05, 4.69) is 17.9 Å². The topological polar surface area (TPSA) is 47.3 Å². The molecule has 1 aliphatic carbocycles. The minimum absolute atomic E-state index is 0.122. The molecule has 2 rings (SSSR count). The maximum atomic E-state index is 12.2. The van der Waals surface area contributed by atoms with Crippen LogP contribution >= 0.6 is 0 Å². The van der Waals surface area contributed by atoms with Gasteiger partial charge in [-0.05, 0) is 19.8 Å². The highest BCUT2D eigenvalue weighted by Crippen LogP contribution is 2.30. The van der Waals surface area contributed by atoms with Crippen molar-refractivity contribution in [1.29, 1.82) is 5.26 Å². The van der Waals surface area contributed by atoms with E-state index in [1.54, 1.807) is 4.90 Å². The molecular weight excluding hydrogens is 214 g/mol. The Hall–Kier alpha value is -1.08. The molecular formula is C13H21N3O. The molecule has 2 aliphatic rings. The van der Waals surface area contributed by atoms with Gasteiger partial charge in [-0.3, -0.25) is 9.69 Å². The van der Waals surface area contributed by atoms with Crippen molar-refractivity contribution in [1.82, 2.24) is 9.80 Å². The number of carbonyl (C=O) groups is 1. The van der Waals surface area contributed by atoms with E-state index in [1.165, 1.54) is 25.7 Å². The predicted molar refractivity (Wildman–Crippen MR) is 65.2 cm³/mol. The highest BCUT2D eigenvalue weighted by Gasteiger charge is 2.41. The molecule has 2 atom stereocenters. The number of hydrogen-bond donors (Lipinski definition) is 0. The molecule has 0 aromatic heterocycles. The van der Waals surface area contributed by atoms with Crippen molar-refractivity contribution in [3.8, 4) is 6.07 Å². The van der Waals surface area contributed by atoms with Crippen molar-refractivity contribution in [2.45, 2.75) is 57.2 Å². The monoisotopic (exact) mass is 235 g/mol. The van der Waals surface area contributed by atoms with E-state index >= 15 is 0 Å². The van der Waals surface area contributed by atoms with E-state index in [0.29, 0.717) is 18.5 Å². The van der Waals surface area contributed by atoms with Crippen LogP contribution in [0, 0.1) is 11.3 Å². The van der Waals surface area contributed by atoms with Crippen LogP contribution in [0.3, 0.4) is 0 Å². The maximum absolute atomic E-state index is 12.2. The van der Waals surface area contributed by atoms with Gasteiger partial charge in [-0.25, -0.2) is 0 Å². The summed E-state index contributed by atoms with van der Waals surface area (Å²) in [6.45, 7) is 2.96. The Kier molecular flexibility index (Phi) is 3.68. The van der Waals surface area contributed by atoms with Gasteiger partial charge >= 0.3 is 0 Å². The fourth-order valence-corrected chi connectivity index (χ4v) is 3.37. The van der Waals surface area contributed by atoms with Gasteiger partial charge in [-0.15, -0.1) is 0 Å². The Morgan fingerprint density at radius 3 is 2.65 bits per heavy atom. The zero-order valence-corrected chi connectivity index (χ0v) is 10.7. The van der Waals surface area contributed by atoms with Crippen molar-refractivity contribution >= 4 is 5.91 Å². The fourth-order valence-electron chi connectivity index (χ4n) is 3.37. The van der Waals surface area contributed by atoms with Crippen LogP contribution in [0.5, 0.6) is 0 Å². The van der Waals surface area contributed by atoms with Crippen molar-refractivity contribution < 1.29 is 4.79 Å². The number of nitriles is 1. The third-order valence-electron chi connectivity index (χ3n) is 4.10. The molecule has 17 heavy (non-hydrogen) atoms. The van der Waals surface area contributed by atoms with Crippen LogP contribution in [0.15, 0.2) is 0 Å². The van der Waals surface area contributed by atoms with Crippen molar-refractivity contribution in [2.24, 2.45) is 0 Å². The second kappa shape index (κ2) is 5.05. The standard InChI is InChI=1S/C13H21N3O/c1-10-9-15(2)13(17)12(7-8-14)16(10)11-5-3-4-6-11/h10-12H,3-7,9H2,1-2H3. The van der Waals surface area contributed by atoms with E-state index in [9.17, 15) is 4.79 Å². The Morgan fingerprint density at radius 2 is 2.06 bits per heavy atom. The SMILES string of the molecule is CC1CN(C)C(=O)C(CC#N)N1C1CCCC1. The summed E-state index contributed by atoms with van der Waals surface area (Å²) in [5.41, 5.74) is 0. The maximum Gasteiger partial charge on any atom is 0.240 e. The summed E-state index contributed by atoms with van der Waals surface area (Å²) >= 11 is 0. The summed E-state index contributed by atoms with van der Waals surface area (Å²) in [6.07, 6.45) is 5.21. The van der Waals surface area contributed by atoms with Crippen LogP contribution in [0.2, 0.25) is 0 Å². The highest BCUT2D eigenvalue weighted by molar-refractivity contribution is 5.83. The average molecular weight is 235 g/mol. The van der Waals surface area contributed by atoms with E-state index < -0.39 is 0 Å². The smallest absolute Gasteiger partial charge is 0.240 e. The molecule has 0 bridgehead atoms. The van der Waals surface area contributed by atoms with E-state index in [1.807, 2.05) is 7.05 Å². The molecule has 0 spiro atoms. The van der Waals surface area contributed by atoms with Crippen LogP contribution in [0.4, 0.5) is 0 Å². The van der Waals surface area contributed by atoms with Gasteiger partial charge in [0.15, 0.2) is 0 Å². The molecule has 1 amide bonds. The minimum atomic E-state index is -0.211. The normalized spacial score (nSPS) is 31.8. The number of hydrogen-bond acceptors (Lipinski definition) is 3. The first kappa shape index (κ1) is 12.4. The molecule has 0 radical (unpaired) electrons. The van der Waals surface area contributed by atoms with Gasteiger partial charge in [0.1, 0.15) is 6.04 Å². The van der Waals surface area contributed by atoms with E-state index in [0.717, 1.165) is 6.54 Å².